The van der Waals surface area contributed by atoms with Crippen LogP contribution in [0.2, 0.25) is 0 Å². The van der Waals surface area contributed by atoms with E-state index < -0.39 is 0 Å². The van der Waals surface area contributed by atoms with Gasteiger partial charge in [-0.15, -0.1) is 0 Å². The second-order valence-electron chi connectivity index (χ2n) is 6.61. The summed E-state index contributed by atoms with van der Waals surface area (Å²) in [6.45, 7) is 5.05. The topological polar surface area (TPSA) is 61.3 Å². The van der Waals surface area contributed by atoms with Gasteiger partial charge in [-0.2, -0.15) is 0 Å². The Bertz CT molecular complexity index is 669. The maximum atomic E-state index is 11.7. The Labute approximate surface area is 162 Å². The first kappa shape index (κ1) is 20.9. The second-order valence-corrected chi connectivity index (χ2v) is 6.61. The van der Waals surface area contributed by atoms with Gasteiger partial charge in [0.15, 0.2) is 11.6 Å². The predicted molar refractivity (Wildman–Crippen MR) is 107 cm³/mol. The summed E-state index contributed by atoms with van der Waals surface area (Å²) in [6, 6.07) is 7.74. The smallest absolute Gasteiger partial charge is 0.311 e. The maximum Gasteiger partial charge on any atom is 0.311 e. The highest BCUT2D eigenvalue weighted by atomic mass is 16.5. The zero-order valence-electron chi connectivity index (χ0n) is 16.4. The van der Waals surface area contributed by atoms with Crippen molar-refractivity contribution in [1.82, 2.24) is 9.97 Å². The lowest BCUT2D eigenvalue weighted by molar-refractivity contribution is -0.134. The van der Waals surface area contributed by atoms with Crippen molar-refractivity contribution in [3.05, 3.63) is 36.7 Å². The summed E-state index contributed by atoms with van der Waals surface area (Å²) < 4.78 is 11.0. The molecule has 1 aromatic carbocycles. The van der Waals surface area contributed by atoms with E-state index in [2.05, 4.69) is 23.8 Å². The number of nitrogens with zero attached hydrogens (tertiary/aromatic N) is 2. The minimum atomic E-state index is -0.236. The minimum Gasteiger partial charge on any atom is -0.494 e. The first-order chi connectivity index (χ1) is 13.2. The molecule has 0 aliphatic heterocycles. The quantitative estimate of drug-likeness (QED) is 0.360. The van der Waals surface area contributed by atoms with E-state index in [1.807, 2.05) is 24.3 Å². The largest absolute Gasteiger partial charge is 0.494 e. The van der Waals surface area contributed by atoms with Gasteiger partial charge in [-0.1, -0.05) is 46.0 Å². The van der Waals surface area contributed by atoms with Crippen molar-refractivity contribution < 1.29 is 14.3 Å². The molecule has 0 aliphatic rings. The van der Waals surface area contributed by atoms with E-state index in [9.17, 15) is 4.79 Å². The van der Waals surface area contributed by atoms with Crippen LogP contribution in [0.1, 0.15) is 65.2 Å². The van der Waals surface area contributed by atoms with Crippen LogP contribution in [-0.2, 0) is 4.79 Å². The van der Waals surface area contributed by atoms with E-state index in [4.69, 9.17) is 9.47 Å². The molecule has 0 unspecified atom stereocenters. The molecule has 0 bridgehead atoms. The van der Waals surface area contributed by atoms with Crippen molar-refractivity contribution in [2.45, 2.75) is 65.2 Å². The van der Waals surface area contributed by atoms with Gasteiger partial charge in [0.05, 0.1) is 19.0 Å². The second kappa shape index (κ2) is 12.0. The molecular weight excluding hydrogens is 340 g/mol. The number of ether oxygens (including phenoxy) is 2. The fourth-order valence-electron chi connectivity index (χ4n) is 2.64. The molecule has 2 rings (SSSR count). The molecule has 0 saturated heterocycles. The Kier molecular flexibility index (Phi) is 9.31. The fourth-order valence-corrected chi connectivity index (χ4v) is 2.64. The average molecular weight is 370 g/mol. The van der Waals surface area contributed by atoms with Gasteiger partial charge in [-0.25, -0.2) is 9.97 Å². The van der Waals surface area contributed by atoms with Gasteiger partial charge in [0.1, 0.15) is 5.75 Å². The molecule has 0 N–H and O–H groups in total. The highest BCUT2D eigenvalue weighted by Crippen LogP contribution is 2.21. The van der Waals surface area contributed by atoms with Crippen LogP contribution in [0.4, 0.5) is 0 Å². The lowest BCUT2D eigenvalue weighted by Gasteiger charge is -2.07. The molecule has 0 saturated carbocycles. The zero-order chi connectivity index (χ0) is 19.3. The third-order valence-corrected chi connectivity index (χ3v) is 4.22. The lowest BCUT2D eigenvalue weighted by atomic mass is 10.2. The molecule has 5 nitrogen and oxygen atoms in total. The number of unbranched alkanes of at least 4 members (excludes halogenated alkanes) is 5. The highest BCUT2D eigenvalue weighted by Gasteiger charge is 2.07. The molecular formula is C22H30N2O3. The van der Waals surface area contributed by atoms with Gasteiger partial charge in [0.25, 0.3) is 0 Å². The van der Waals surface area contributed by atoms with Crippen molar-refractivity contribution in [1.29, 1.82) is 0 Å². The van der Waals surface area contributed by atoms with E-state index in [1.165, 1.54) is 31.7 Å². The van der Waals surface area contributed by atoms with E-state index >= 15 is 0 Å². The molecule has 0 fully saturated rings. The number of rotatable bonds is 12. The summed E-state index contributed by atoms with van der Waals surface area (Å²) in [7, 11) is 0. The number of hydrogen-bond donors (Lipinski definition) is 0. The van der Waals surface area contributed by atoms with E-state index in [1.54, 1.807) is 0 Å². The van der Waals surface area contributed by atoms with Gasteiger partial charge in [0, 0.05) is 12.0 Å². The SMILES string of the molecule is CCCCCCOc1ccc(-c2ncc(OC(=O)CCCCC)cn2)cc1. The number of carbonyl (C=O) groups excluding carboxylic acids is 1. The third-order valence-electron chi connectivity index (χ3n) is 4.22. The van der Waals surface area contributed by atoms with Crippen LogP contribution in [-0.4, -0.2) is 22.5 Å². The molecule has 2 aromatic rings. The number of carbonyl (C=O) groups is 1. The van der Waals surface area contributed by atoms with Crippen LogP contribution >= 0.6 is 0 Å². The predicted octanol–water partition coefficient (Wildman–Crippen LogP) is 5.59. The van der Waals surface area contributed by atoms with Crippen molar-refractivity contribution >= 4 is 5.97 Å². The summed E-state index contributed by atoms with van der Waals surface area (Å²) >= 11 is 0. The van der Waals surface area contributed by atoms with Crippen LogP contribution in [0.5, 0.6) is 11.5 Å². The molecule has 5 heteroatoms. The normalized spacial score (nSPS) is 10.6. The standard InChI is InChI=1S/C22H30N2O3/c1-3-5-7-9-15-26-19-13-11-18(12-14-19)22-23-16-20(17-24-22)27-21(25)10-8-6-4-2/h11-14,16-17H,3-10,15H2,1-2H3. The summed E-state index contributed by atoms with van der Waals surface area (Å²) in [5.74, 6) is 1.59. The van der Waals surface area contributed by atoms with E-state index in [0.29, 0.717) is 18.0 Å². The fraction of sp³-hybridized carbons (Fsp3) is 0.500. The molecule has 1 aromatic heterocycles. The Morgan fingerprint density at radius 1 is 0.852 bits per heavy atom. The first-order valence-corrected chi connectivity index (χ1v) is 9.99. The van der Waals surface area contributed by atoms with Crippen molar-refractivity contribution in [2.24, 2.45) is 0 Å². The van der Waals surface area contributed by atoms with Gasteiger partial charge in [-0.05, 0) is 37.1 Å². The van der Waals surface area contributed by atoms with Crippen LogP contribution < -0.4 is 9.47 Å². The third kappa shape index (κ3) is 7.77. The van der Waals surface area contributed by atoms with E-state index in [0.717, 1.165) is 43.6 Å². The average Bonchev–Trinajstić information content (AvgIpc) is 2.69. The molecule has 0 aliphatic carbocycles. The number of hydrogen-bond acceptors (Lipinski definition) is 5. The summed E-state index contributed by atoms with van der Waals surface area (Å²) in [5.41, 5.74) is 0.897. The molecule has 0 spiro atoms. The van der Waals surface area contributed by atoms with Crippen LogP contribution in [0.3, 0.4) is 0 Å². The number of aromatic nitrogens is 2. The maximum absolute atomic E-state index is 11.7. The van der Waals surface area contributed by atoms with Crippen LogP contribution in [0.25, 0.3) is 11.4 Å². The molecule has 0 amide bonds. The van der Waals surface area contributed by atoms with Crippen molar-refractivity contribution in [3.63, 3.8) is 0 Å². The number of esters is 1. The molecule has 1 heterocycles. The number of benzene rings is 1. The Hall–Kier alpha value is -2.43. The molecule has 27 heavy (non-hydrogen) atoms. The van der Waals surface area contributed by atoms with Crippen LogP contribution in [0.15, 0.2) is 36.7 Å². The highest BCUT2D eigenvalue weighted by molar-refractivity contribution is 5.72. The van der Waals surface area contributed by atoms with Crippen LogP contribution in [0, 0.1) is 0 Å². The molecule has 0 atom stereocenters. The molecule has 146 valence electrons. The summed E-state index contributed by atoms with van der Waals surface area (Å²) in [5, 5.41) is 0. The first-order valence-electron chi connectivity index (χ1n) is 9.99. The zero-order valence-corrected chi connectivity index (χ0v) is 16.4. The molecule has 0 radical (unpaired) electrons. The summed E-state index contributed by atoms with van der Waals surface area (Å²) in [6.07, 6.45) is 11.2. The van der Waals surface area contributed by atoms with Gasteiger partial charge < -0.3 is 9.47 Å². The summed E-state index contributed by atoms with van der Waals surface area (Å²) in [4.78, 5) is 20.3. The Balaban J connectivity index is 1.82. The minimum absolute atomic E-state index is 0.236. The van der Waals surface area contributed by atoms with Gasteiger partial charge in [-0.3, -0.25) is 4.79 Å². The Morgan fingerprint density at radius 2 is 1.52 bits per heavy atom. The van der Waals surface area contributed by atoms with E-state index in [-0.39, 0.29) is 5.97 Å². The van der Waals surface area contributed by atoms with Gasteiger partial charge in [0.2, 0.25) is 0 Å². The van der Waals surface area contributed by atoms with Crippen molar-refractivity contribution in [2.75, 3.05) is 6.61 Å². The lowest BCUT2D eigenvalue weighted by Crippen LogP contribution is -2.08. The Morgan fingerprint density at radius 3 is 2.19 bits per heavy atom. The monoisotopic (exact) mass is 370 g/mol. The van der Waals surface area contributed by atoms with Crippen molar-refractivity contribution in [3.8, 4) is 22.9 Å². The van der Waals surface area contributed by atoms with Gasteiger partial charge >= 0.3 is 5.97 Å².